The molecule has 1 saturated heterocycles. The molecule has 0 saturated carbocycles. The number of rotatable bonds is 4. The summed E-state index contributed by atoms with van der Waals surface area (Å²) in [6.45, 7) is 9.41. The highest BCUT2D eigenvalue weighted by atomic mass is 29.3. The molecule has 0 bridgehead atoms. The minimum absolute atomic E-state index is 0.555. The van der Waals surface area contributed by atoms with Crippen molar-refractivity contribution < 1.29 is 14.0 Å². The van der Waals surface area contributed by atoms with Gasteiger partial charge in [-0.25, -0.2) is 9.59 Å². The van der Waals surface area contributed by atoms with Crippen molar-refractivity contribution in [3.63, 3.8) is 0 Å². The van der Waals surface area contributed by atoms with E-state index in [2.05, 4.69) is 36.2 Å². The number of nitrogens with zero attached hydrogens (tertiary/aromatic N) is 2. The summed E-state index contributed by atoms with van der Waals surface area (Å²) in [4.78, 5) is 29.1. The number of isocyanates is 2. The Hall–Kier alpha value is -2.41. The Kier molecular flexibility index (Phi) is 5.48. The summed E-state index contributed by atoms with van der Waals surface area (Å²) in [5.41, 5.74) is 2.38. The summed E-state index contributed by atoms with van der Waals surface area (Å²) >= 11 is 0. The van der Waals surface area contributed by atoms with Crippen LogP contribution in [-0.4, -0.2) is 27.6 Å². The summed E-state index contributed by atoms with van der Waals surface area (Å²) in [5.74, 6) is 0. The first-order chi connectivity index (χ1) is 13.2. The molecule has 0 radical (unpaired) electrons. The molecule has 144 valence electrons. The topological polar surface area (TPSA) is 68.1 Å². The van der Waals surface area contributed by atoms with Crippen LogP contribution in [0, 0.1) is 0 Å². The lowest BCUT2D eigenvalue weighted by molar-refractivity contribution is 0.0939. The van der Waals surface area contributed by atoms with E-state index in [0.29, 0.717) is 11.4 Å². The molecule has 3 rings (SSSR count). The van der Waals surface area contributed by atoms with E-state index in [1.165, 1.54) is 0 Å². The molecule has 0 amide bonds. The monoisotopic (exact) mass is 408 g/mol. The molecule has 0 unspecified atom stereocenters. The lowest BCUT2D eigenvalue weighted by atomic mass is 9.83. The first-order valence-electron chi connectivity index (χ1n) is 9.31. The number of benzene rings is 2. The van der Waals surface area contributed by atoms with Crippen LogP contribution in [0.3, 0.4) is 0 Å². The highest BCUT2D eigenvalue weighted by Gasteiger charge is 2.54. The summed E-state index contributed by atoms with van der Waals surface area (Å²) in [6, 6.07) is 16.3. The molecule has 1 aliphatic rings. The predicted molar refractivity (Wildman–Crippen MR) is 115 cm³/mol. The second kappa shape index (κ2) is 7.55. The molecule has 2 aromatic carbocycles. The van der Waals surface area contributed by atoms with Crippen LogP contribution in [0.25, 0.3) is 0 Å². The van der Waals surface area contributed by atoms with Crippen LogP contribution in [-0.2, 0) is 19.6 Å². The molecule has 5 nitrogen and oxygen atoms in total. The Bertz CT molecular complexity index is 929. The minimum Gasteiger partial charge on any atom is -0.407 e. The molecule has 0 N–H and O–H groups in total. The zero-order chi connectivity index (χ0) is 20.4. The van der Waals surface area contributed by atoms with Gasteiger partial charge in [-0.2, -0.15) is 9.98 Å². The third-order valence-corrected chi connectivity index (χ3v) is 22.6. The van der Waals surface area contributed by atoms with Crippen molar-refractivity contribution in [2.24, 2.45) is 9.98 Å². The molecule has 1 heterocycles. The van der Waals surface area contributed by atoms with E-state index in [4.69, 9.17) is 4.43 Å². The van der Waals surface area contributed by atoms with Crippen LogP contribution in [0.5, 0.6) is 0 Å². The van der Waals surface area contributed by atoms with Crippen molar-refractivity contribution >= 4 is 39.0 Å². The molecule has 0 atom stereocenters. The zero-order valence-corrected chi connectivity index (χ0v) is 18.7. The highest BCUT2D eigenvalue weighted by Crippen LogP contribution is 2.49. The first kappa shape index (κ1) is 20.3. The van der Waals surface area contributed by atoms with Crippen LogP contribution in [0.4, 0.5) is 11.4 Å². The van der Waals surface area contributed by atoms with Gasteiger partial charge in [-0.3, -0.25) is 0 Å². The van der Waals surface area contributed by atoms with E-state index in [1.54, 1.807) is 24.3 Å². The molecule has 0 aromatic heterocycles. The van der Waals surface area contributed by atoms with Crippen molar-refractivity contribution in [3.8, 4) is 0 Å². The molecular weight excluding hydrogens is 384 g/mol. The van der Waals surface area contributed by atoms with Gasteiger partial charge in [-0.1, -0.05) is 43.4 Å². The SMILES string of the molecule is C[Si]1(C)CCC(c2cccc(N=C=O)c2)(c2cccc(N=C=O)c2)O[Si]1(C)C. The number of carbonyl (C=O) groups excluding carboxylic acids is 2. The Balaban J connectivity index is 2.23. The van der Waals surface area contributed by atoms with Crippen molar-refractivity contribution in [1.29, 1.82) is 0 Å². The fourth-order valence-electron chi connectivity index (χ4n) is 3.75. The number of hydrogen-bond donors (Lipinski definition) is 0. The lowest BCUT2D eigenvalue weighted by Gasteiger charge is -2.52. The minimum atomic E-state index is -1.97. The summed E-state index contributed by atoms with van der Waals surface area (Å²) in [7, 11) is -3.45. The fourth-order valence-corrected chi connectivity index (χ4v) is 10.3. The predicted octanol–water partition coefficient (Wildman–Crippen LogP) is 5.28. The Morgan fingerprint density at radius 2 is 1.39 bits per heavy atom. The third kappa shape index (κ3) is 3.63. The number of aliphatic imine (C=N–C) groups is 2. The van der Waals surface area contributed by atoms with Crippen molar-refractivity contribution in [1.82, 2.24) is 0 Å². The van der Waals surface area contributed by atoms with Crippen molar-refractivity contribution in [3.05, 3.63) is 59.7 Å². The van der Waals surface area contributed by atoms with Gasteiger partial charge < -0.3 is 4.43 Å². The van der Waals surface area contributed by atoms with Gasteiger partial charge >= 0.3 is 0 Å². The van der Waals surface area contributed by atoms with E-state index in [-0.39, 0.29) is 0 Å². The maximum atomic E-state index is 10.8. The van der Waals surface area contributed by atoms with Crippen molar-refractivity contribution in [2.75, 3.05) is 0 Å². The second-order valence-electron chi connectivity index (χ2n) is 8.33. The summed E-state index contributed by atoms with van der Waals surface area (Å²) in [5, 5.41) is 0. The largest absolute Gasteiger partial charge is 0.407 e. The molecule has 2 aromatic rings. The maximum Gasteiger partial charge on any atom is 0.240 e. The van der Waals surface area contributed by atoms with Gasteiger partial charge in [0.15, 0.2) is 7.83 Å². The van der Waals surface area contributed by atoms with Gasteiger partial charge in [-0.15, -0.1) is 0 Å². The van der Waals surface area contributed by atoms with Gasteiger partial charge in [-0.05, 0) is 54.9 Å². The lowest BCUT2D eigenvalue weighted by Crippen LogP contribution is -2.64. The fraction of sp³-hybridized carbons (Fsp3) is 0.333. The maximum absolute atomic E-state index is 10.8. The van der Waals surface area contributed by atoms with E-state index in [9.17, 15) is 9.59 Å². The normalized spacial score (nSPS) is 22.6. The Morgan fingerprint density at radius 3 is 1.82 bits per heavy atom. The molecule has 0 spiro atoms. The Labute approximate surface area is 167 Å². The third-order valence-electron chi connectivity index (χ3n) is 6.14. The average Bonchev–Trinajstić information content (AvgIpc) is 2.65. The standard InChI is InChI=1S/C21H24N2O3Si2/c1-27(2)12-11-21(26-28(27,3)4,17-7-5-9-19(13-17)22-15-24)18-8-6-10-20(14-18)23-16-25/h5-10,13-14H,11-12H2,1-4H3. The van der Waals surface area contributed by atoms with Crippen LogP contribution < -0.4 is 0 Å². The van der Waals surface area contributed by atoms with Crippen LogP contribution in [0.15, 0.2) is 58.5 Å². The summed E-state index contributed by atoms with van der Waals surface area (Å²) in [6.07, 6.45) is 4.07. The van der Waals surface area contributed by atoms with Crippen LogP contribution in [0.1, 0.15) is 17.5 Å². The van der Waals surface area contributed by atoms with Crippen molar-refractivity contribution in [2.45, 2.75) is 44.3 Å². The molecule has 7 heteroatoms. The Morgan fingerprint density at radius 1 is 0.893 bits per heavy atom. The van der Waals surface area contributed by atoms with Gasteiger partial charge in [0.2, 0.25) is 12.2 Å². The molecule has 0 aliphatic carbocycles. The van der Waals surface area contributed by atoms with E-state index >= 15 is 0 Å². The van der Waals surface area contributed by atoms with Gasteiger partial charge in [0, 0.05) is 0 Å². The average molecular weight is 409 g/mol. The smallest absolute Gasteiger partial charge is 0.240 e. The van der Waals surface area contributed by atoms with Gasteiger partial charge in [0.1, 0.15) is 5.60 Å². The molecule has 28 heavy (non-hydrogen) atoms. The highest BCUT2D eigenvalue weighted by molar-refractivity contribution is 7.38. The van der Waals surface area contributed by atoms with Gasteiger partial charge in [0.05, 0.1) is 19.0 Å². The van der Waals surface area contributed by atoms with Gasteiger partial charge in [0.25, 0.3) is 0 Å². The summed E-state index contributed by atoms with van der Waals surface area (Å²) < 4.78 is 7.04. The van der Waals surface area contributed by atoms with E-state index < -0.39 is 21.0 Å². The van der Waals surface area contributed by atoms with E-state index in [1.807, 2.05) is 36.4 Å². The molecule has 1 fully saturated rings. The van der Waals surface area contributed by atoms with Crippen LogP contribution >= 0.6 is 0 Å². The van der Waals surface area contributed by atoms with E-state index in [0.717, 1.165) is 23.6 Å². The molecular formula is C21H24N2O3Si2. The number of hydrogen-bond acceptors (Lipinski definition) is 5. The molecule has 1 aliphatic heterocycles. The zero-order valence-electron chi connectivity index (χ0n) is 16.7. The second-order valence-corrected chi connectivity index (χ2v) is 23.5. The van der Waals surface area contributed by atoms with Crippen LogP contribution in [0.2, 0.25) is 32.2 Å². The first-order valence-corrected chi connectivity index (χ1v) is 16.4. The quantitative estimate of drug-likeness (QED) is 0.393.